The highest BCUT2D eigenvalue weighted by Crippen LogP contribution is 2.46. The summed E-state index contributed by atoms with van der Waals surface area (Å²) in [7, 11) is 0. The molecule has 2 saturated carbocycles. The Morgan fingerprint density at radius 1 is 1.00 bits per heavy atom. The van der Waals surface area contributed by atoms with E-state index in [1.165, 1.54) is 19.3 Å². The van der Waals surface area contributed by atoms with Crippen LogP contribution in [0.5, 0.6) is 0 Å². The average Bonchev–Trinajstić information content (AvgIpc) is 2.18. The maximum atomic E-state index is 11.8. The third kappa shape index (κ3) is 1.90. The van der Waals surface area contributed by atoms with Gasteiger partial charge in [-0.3, -0.25) is 9.59 Å². The van der Waals surface area contributed by atoms with Crippen LogP contribution < -0.4 is 0 Å². The fourth-order valence-electron chi connectivity index (χ4n) is 3.07. The molecule has 0 amide bonds. The second-order valence-electron chi connectivity index (χ2n) is 4.96. The van der Waals surface area contributed by atoms with Crippen LogP contribution in [0.25, 0.3) is 0 Å². The molecule has 0 saturated heterocycles. The van der Waals surface area contributed by atoms with E-state index in [2.05, 4.69) is 0 Å². The monoisotopic (exact) mass is 206 g/mol. The summed E-state index contributed by atoms with van der Waals surface area (Å²) in [5.74, 6) is 0.159. The van der Waals surface area contributed by atoms with Crippen molar-refractivity contribution >= 4 is 11.6 Å². The van der Waals surface area contributed by atoms with Crippen molar-refractivity contribution in [3.8, 4) is 0 Å². The van der Waals surface area contributed by atoms with Crippen molar-refractivity contribution in [2.24, 2.45) is 5.41 Å². The Bertz CT molecular complexity index is 297. The Labute approximate surface area is 90.7 Å². The van der Waals surface area contributed by atoms with Crippen LogP contribution in [0.4, 0.5) is 0 Å². The summed E-state index contributed by atoms with van der Waals surface area (Å²) in [5, 5.41) is 0. The molecule has 0 aromatic carbocycles. The molecule has 2 fully saturated rings. The molecule has 0 bridgehead atoms. The average molecular weight is 206 g/mol. The van der Waals surface area contributed by atoms with E-state index >= 15 is 0 Å². The predicted molar refractivity (Wildman–Crippen MR) is 58.5 cm³/mol. The summed E-state index contributed by atoms with van der Waals surface area (Å²) in [6, 6.07) is 0. The highest BCUT2D eigenvalue weighted by molar-refractivity contribution is 6.22. The van der Waals surface area contributed by atoms with Crippen LogP contribution in [0.3, 0.4) is 0 Å². The van der Waals surface area contributed by atoms with Gasteiger partial charge in [0.2, 0.25) is 0 Å². The van der Waals surface area contributed by atoms with Crippen molar-refractivity contribution in [1.82, 2.24) is 0 Å². The minimum atomic E-state index is 0.0406. The molecule has 0 aromatic heterocycles. The minimum absolute atomic E-state index is 0.0406. The van der Waals surface area contributed by atoms with E-state index in [1.807, 2.05) is 0 Å². The van der Waals surface area contributed by atoms with E-state index in [9.17, 15) is 9.59 Å². The van der Waals surface area contributed by atoms with Crippen LogP contribution in [0.15, 0.2) is 11.6 Å². The van der Waals surface area contributed by atoms with Gasteiger partial charge in [-0.2, -0.15) is 0 Å². The van der Waals surface area contributed by atoms with Crippen molar-refractivity contribution < 1.29 is 9.59 Å². The largest absolute Gasteiger partial charge is 0.294 e. The van der Waals surface area contributed by atoms with Gasteiger partial charge in [0, 0.05) is 12.8 Å². The smallest absolute Gasteiger partial charge is 0.166 e. The molecule has 0 N–H and O–H groups in total. The Balaban J connectivity index is 2.19. The Morgan fingerprint density at radius 2 is 1.53 bits per heavy atom. The fourth-order valence-corrected chi connectivity index (χ4v) is 3.07. The first-order valence-electron chi connectivity index (χ1n) is 5.90. The standard InChI is InChI=1S/C13H18O2/c1-2-10-11(14)8-13(9-12(10)15)6-4-3-5-7-13/h2H,3-9H2,1H3. The molecule has 1 spiro atoms. The van der Waals surface area contributed by atoms with E-state index in [1.54, 1.807) is 13.0 Å². The third-order valence-corrected chi connectivity index (χ3v) is 3.87. The van der Waals surface area contributed by atoms with Crippen LogP contribution in [0, 0.1) is 5.41 Å². The van der Waals surface area contributed by atoms with E-state index in [-0.39, 0.29) is 17.0 Å². The number of rotatable bonds is 0. The van der Waals surface area contributed by atoms with Gasteiger partial charge in [-0.25, -0.2) is 0 Å². The van der Waals surface area contributed by atoms with Crippen molar-refractivity contribution in [3.05, 3.63) is 11.6 Å². The lowest BCUT2D eigenvalue weighted by molar-refractivity contribution is -0.129. The first-order valence-corrected chi connectivity index (χ1v) is 5.90. The Kier molecular flexibility index (Phi) is 2.76. The SMILES string of the molecule is CC=C1C(=O)CC2(CCCCC2)CC1=O. The lowest BCUT2D eigenvalue weighted by Crippen LogP contribution is -2.37. The van der Waals surface area contributed by atoms with Crippen molar-refractivity contribution in [2.75, 3.05) is 0 Å². The number of carbonyl (C=O) groups excluding carboxylic acids is 2. The molecular weight excluding hydrogens is 188 g/mol. The summed E-state index contributed by atoms with van der Waals surface area (Å²) in [6.07, 6.45) is 8.68. The molecule has 2 rings (SSSR count). The zero-order chi connectivity index (χ0) is 10.9. The van der Waals surface area contributed by atoms with Crippen molar-refractivity contribution in [1.29, 1.82) is 0 Å². The number of hydrogen-bond donors (Lipinski definition) is 0. The van der Waals surface area contributed by atoms with Crippen LogP contribution in [-0.4, -0.2) is 11.6 Å². The first-order chi connectivity index (χ1) is 7.17. The molecular formula is C13H18O2. The maximum absolute atomic E-state index is 11.8. The highest BCUT2D eigenvalue weighted by atomic mass is 16.1. The normalized spacial score (nSPS) is 25.8. The van der Waals surface area contributed by atoms with Gasteiger partial charge in [0.25, 0.3) is 0 Å². The third-order valence-electron chi connectivity index (χ3n) is 3.87. The lowest BCUT2D eigenvalue weighted by Gasteiger charge is -2.39. The summed E-state index contributed by atoms with van der Waals surface area (Å²) < 4.78 is 0. The molecule has 15 heavy (non-hydrogen) atoms. The van der Waals surface area contributed by atoms with E-state index in [0.717, 1.165) is 12.8 Å². The van der Waals surface area contributed by atoms with Gasteiger partial charge in [0.05, 0.1) is 5.57 Å². The van der Waals surface area contributed by atoms with Gasteiger partial charge < -0.3 is 0 Å². The number of Topliss-reactive ketones (excluding diaryl/α,β-unsaturated/α-hetero) is 2. The number of allylic oxidation sites excluding steroid dienone is 2. The zero-order valence-electron chi connectivity index (χ0n) is 9.34. The van der Waals surface area contributed by atoms with Crippen molar-refractivity contribution in [3.63, 3.8) is 0 Å². The molecule has 0 atom stereocenters. The summed E-state index contributed by atoms with van der Waals surface area (Å²) in [6.45, 7) is 1.78. The molecule has 2 nitrogen and oxygen atoms in total. The Morgan fingerprint density at radius 3 is 2.00 bits per heavy atom. The number of carbonyl (C=O) groups is 2. The first kappa shape index (κ1) is 10.6. The summed E-state index contributed by atoms with van der Waals surface area (Å²) in [4.78, 5) is 23.6. The predicted octanol–water partition coefficient (Wildman–Crippen LogP) is 2.82. The lowest BCUT2D eigenvalue weighted by atomic mass is 9.63. The zero-order valence-corrected chi connectivity index (χ0v) is 9.34. The molecule has 82 valence electrons. The van der Waals surface area contributed by atoms with Gasteiger partial charge in [-0.1, -0.05) is 25.3 Å². The quantitative estimate of drug-likeness (QED) is 0.451. The van der Waals surface area contributed by atoms with Gasteiger partial charge in [-0.05, 0) is 25.2 Å². The fraction of sp³-hybridized carbons (Fsp3) is 0.692. The van der Waals surface area contributed by atoms with Crippen LogP contribution in [0.2, 0.25) is 0 Å². The Hall–Kier alpha value is -0.920. The topological polar surface area (TPSA) is 34.1 Å². The molecule has 2 aliphatic rings. The van der Waals surface area contributed by atoms with Crippen LogP contribution >= 0.6 is 0 Å². The molecule has 2 aliphatic carbocycles. The molecule has 0 aliphatic heterocycles. The number of hydrogen-bond acceptors (Lipinski definition) is 2. The summed E-state index contributed by atoms with van der Waals surface area (Å²) >= 11 is 0. The molecule has 2 heteroatoms. The van der Waals surface area contributed by atoms with Gasteiger partial charge >= 0.3 is 0 Å². The van der Waals surface area contributed by atoms with Gasteiger partial charge in [-0.15, -0.1) is 0 Å². The molecule has 0 heterocycles. The van der Waals surface area contributed by atoms with Gasteiger partial charge in [0.15, 0.2) is 11.6 Å². The van der Waals surface area contributed by atoms with E-state index in [4.69, 9.17) is 0 Å². The molecule has 0 radical (unpaired) electrons. The van der Waals surface area contributed by atoms with Crippen LogP contribution in [0.1, 0.15) is 51.9 Å². The van der Waals surface area contributed by atoms with Gasteiger partial charge in [0.1, 0.15) is 0 Å². The van der Waals surface area contributed by atoms with Crippen molar-refractivity contribution in [2.45, 2.75) is 51.9 Å². The van der Waals surface area contributed by atoms with E-state index < -0.39 is 0 Å². The molecule has 0 unspecified atom stereocenters. The highest BCUT2D eigenvalue weighted by Gasteiger charge is 2.42. The number of ketones is 2. The van der Waals surface area contributed by atoms with E-state index in [0.29, 0.717) is 18.4 Å². The molecule has 0 aromatic rings. The summed E-state index contributed by atoms with van der Waals surface area (Å²) in [5.41, 5.74) is 0.491. The second-order valence-corrected chi connectivity index (χ2v) is 4.96. The second kappa shape index (κ2) is 3.92. The minimum Gasteiger partial charge on any atom is -0.294 e. The maximum Gasteiger partial charge on any atom is 0.166 e. The van der Waals surface area contributed by atoms with Crippen LogP contribution in [-0.2, 0) is 9.59 Å².